The predicted molar refractivity (Wildman–Crippen MR) is 64.6 cm³/mol. The van der Waals surface area contributed by atoms with Gasteiger partial charge in [0.25, 0.3) is 0 Å². The molecule has 0 fully saturated rings. The fraction of sp³-hybridized carbons (Fsp3) is 0.417. The van der Waals surface area contributed by atoms with Gasteiger partial charge in [0.15, 0.2) is 0 Å². The molecule has 18 heavy (non-hydrogen) atoms. The Bertz CT molecular complexity index is 370. The van der Waals surface area contributed by atoms with Crippen molar-refractivity contribution >= 4 is 5.91 Å². The van der Waals surface area contributed by atoms with Crippen molar-refractivity contribution in [1.29, 1.82) is 0 Å². The van der Waals surface area contributed by atoms with Crippen LogP contribution in [-0.2, 0) is 4.79 Å². The topological polar surface area (TPSA) is 84.6 Å². The number of carbonyl (C=O) groups is 1. The van der Waals surface area contributed by atoms with Gasteiger partial charge in [0.1, 0.15) is 24.3 Å². The average molecular weight is 256 g/mol. The van der Waals surface area contributed by atoms with Crippen LogP contribution in [0.4, 0.5) is 4.39 Å². The first kappa shape index (κ1) is 14.4. The number of aliphatic hydroxyl groups is 1. The minimum atomic E-state index is -0.706. The Kier molecular flexibility index (Phi) is 6.10. The van der Waals surface area contributed by atoms with E-state index >= 15 is 0 Å². The lowest BCUT2D eigenvalue weighted by atomic mass is 10.3. The van der Waals surface area contributed by atoms with Crippen molar-refractivity contribution < 1.29 is 19.0 Å². The van der Waals surface area contributed by atoms with Gasteiger partial charge in [0.05, 0.1) is 0 Å². The Morgan fingerprint density at radius 1 is 1.44 bits per heavy atom. The number of amides is 1. The number of hydrogen-bond donors (Lipinski definition) is 3. The molecule has 1 aromatic rings. The fourth-order valence-electron chi connectivity index (χ4n) is 1.26. The van der Waals surface area contributed by atoms with Crippen LogP contribution in [0.2, 0.25) is 0 Å². The normalized spacial score (nSPS) is 12.1. The molecule has 0 spiro atoms. The summed E-state index contributed by atoms with van der Waals surface area (Å²) in [5.41, 5.74) is 4.96. The highest BCUT2D eigenvalue weighted by Crippen LogP contribution is 2.10. The molecule has 0 aliphatic carbocycles. The van der Waals surface area contributed by atoms with Crippen LogP contribution in [0.3, 0.4) is 0 Å². The fourth-order valence-corrected chi connectivity index (χ4v) is 1.26. The molecule has 0 radical (unpaired) electrons. The minimum Gasteiger partial charge on any atom is -0.491 e. The summed E-state index contributed by atoms with van der Waals surface area (Å²) in [5, 5.41) is 12.4. The maximum atomic E-state index is 12.6. The Labute approximate surface area is 105 Å². The summed E-state index contributed by atoms with van der Waals surface area (Å²) in [7, 11) is 0. The summed E-state index contributed by atoms with van der Waals surface area (Å²) in [5.74, 6) is -0.233. The Morgan fingerprint density at radius 2 is 2.11 bits per heavy atom. The van der Waals surface area contributed by atoms with E-state index in [0.717, 1.165) is 0 Å². The van der Waals surface area contributed by atoms with E-state index in [4.69, 9.17) is 10.5 Å². The molecule has 0 saturated heterocycles. The number of aliphatic hydroxyl groups excluding tert-OH is 1. The molecule has 0 heterocycles. The SMILES string of the molecule is NC(=O)CCNCC(O)COc1ccc(F)cc1. The molecule has 5 nitrogen and oxygen atoms in total. The molecule has 0 saturated carbocycles. The van der Waals surface area contributed by atoms with Gasteiger partial charge >= 0.3 is 0 Å². The lowest BCUT2D eigenvalue weighted by Crippen LogP contribution is -2.33. The molecule has 0 aliphatic heterocycles. The van der Waals surface area contributed by atoms with Crippen molar-refractivity contribution in [2.75, 3.05) is 19.7 Å². The number of halogens is 1. The first-order valence-corrected chi connectivity index (χ1v) is 5.63. The van der Waals surface area contributed by atoms with Gasteiger partial charge in [0, 0.05) is 19.5 Å². The molecule has 0 aromatic heterocycles. The van der Waals surface area contributed by atoms with Crippen LogP contribution in [0.5, 0.6) is 5.75 Å². The van der Waals surface area contributed by atoms with E-state index < -0.39 is 6.10 Å². The highest BCUT2D eigenvalue weighted by molar-refractivity contribution is 5.73. The van der Waals surface area contributed by atoms with Gasteiger partial charge in [-0.1, -0.05) is 0 Å². The summed E-state index contributed by atoms with van der Waals surface area (Å²) in [6.07, 6.45) is -0.478. The molecule has 0 bridgehead atoms. The van der Waals surface area contributed by atoms with E-state index in [9.17, 15) is 14.3 Å². The predicted octanol–water partition coefficient (Wildman–Crippen LogP) is 0.0304. The molecule has 0 aliphatic rings. The zero-order valence-electron chi connectivity index (χ0n) is 9.93. The molecule has 1 unspecified atom stereocenters. The van der Waals surface area contributed by atoms with Crippen LogP contribution in [-0.4, -0.2) is 36.8 Å². The third-order valence-electron chi connectivity index (χ3n) is 2.18. The van der Waals surface area contributed by atoms with E-state index in [1.165, 1.54) is 24.3 Å². The Balaban J connectivity index is 2.14. The first-order chi connectivity index (χ1) is 8.58. The van der Waals surface area contributed by atoms with Crippen molar-refractivity contribution in [3.05, 3.63) is 30.1 Å². The largest absolute Gasteiger partial charge is 0.491 e. The number of nitrogens with two attached hydrogens (primary N) is 1. The standard InChI is InChI=1S/C12H17FN2O3/c13-9-1-3-11(4-2-9)18-8-10(16)7-15-6-5-12(14)17/h1-4,10,15-16H,5-8H2,(H2,14,17). The Morgan fingerprint density at radius 3 is 2.72 bits per heavy atom. The number of primary amides is 1. The van der Waals surface area contributed by atoms with E-state index in [-0.39, 0.29) is 24.8 Å². The second-order valence-electron chi connectivity index (χ2n) is 3.84. The number of rotatable bonds is 8. The number of hydrogen-bond acceptors (Lipinski definition) is 4. The van der Waals surface area contributed by atoms with Crippen LogP contribution in [0, 0.1) is 5.82 Å². The second-order valence-corrected chi connectivity index (χ2v) is 3.84. The van der Waals surface area contributed by atoms with E-state index in [2.05, 4.69) is 5.32 Å². The first-order valence-electron chi connectivity index (χ1n) is 5.63. The third kappa shape index (κ3) is 6.17. The quantitative estimate of drug-likeness (QED) is 0.573. The molecule has 4 N–H and O–H groups in total. The van der Waals surface area contributed by atoms with Crippen molar-refractivity contribution in [3.8, 4) is 5.75 Å². The summed E-state index contributed by atoms with van der Waals surface area (Å²) < 4.78 is 17.9. The maximum Gasteiger partial charge on any atom is 0.218 e. The molecule has 100 valence electrons. The molecule has 1 amide bonds. The smallest absolute Gasteiger partial charge is 0.218 e. The van der Waals surface area contributed by atoms with E-state index in [1.54, 1.807) is 0 Å². The molecule has 6 heteroatoms. The van der Waals surface area contributed by atoms with Crippen LogP contribution < -0.4 is 15.8 Å². The molecule has 1 atom stereocenters. The number of ether oxygens (including phenoxy) is 1. The summed E-state index contributed by atoms with van der Waals surface area (Å²) in [6.45, 7) is 0.812. The van der Waals surface area contributed by atoms with Gasteiger partial charge < -0.3 is 20.9 Å². The van der Waals surface area contributed by atoms with E-state index in [1.807, 2.05) is 0 Å². The number of benzene rings is 1. The van der Waals surface area contributed by atoms with Crippen molar-refractivity contribution in [2.24, 2.45) is 5.73 Å². The van der Waals surface area contributed by atoms with Crippen LogP contribution in [0.15, 0.2) is 24.3 Å². The van der Waals surface area contributed by atoms with Gasteiger partial charge in [-0.15, -0.1) is 0 Å². The zero-order valence-corrected chi connectivity index (χ0v) is 9.93. The van der Waals surface area contributed by atoms with Crippen molar-refractivity contribution in [1.82, 2.24) is 5.32 Å². The van der Waals surface area contributed by atoms with Crippen LogP contribution in [0.1, 0.15) is 6.42 Å². The summed E-state index contributed by atoms with van der Waals surface area (Å²) in [4.78, 5) is 10.4. The number of carbonyl (C=O) groups excluding carboxylic acids is 1. The van der Waals surface area contributed by atoms with Crippen molar-refractivity contribution in [2.45, 2.75) is 12.5 Å². The monoisotopic (exact) mass is 256 g/mol. The van der Waals surface area contributed by atoms with Gasteiger partial charge in [-0.3, -0.25) is 4.79 Å². The van der Waals surface area contributed by atoms with Gasteiger partial charge in [0.2, 0.25) is 5.91 Å². The van der Waals surface area contributed by atoms with Crippen molar-refractivity contribution in [3.63, 3.8) is 0 Å². The van der Waals surface area contributed by atoms with Crippen LogP contribution >= 0.6 is 0 Å². The Hall–Kier alpha value is -1.66. The molecular formula is C12H17FN2O3. The second kappa shape index (κ2) is 7.62. The summed E-state index contributed by atoms with van der Waals surface area (Å²) in [6, 6.07) is 5.55. The molecule has 1 rings (SSSR count). The minimum absolute atomic E-state index is 0.0925. The average Bonchev–Trinajstić information content (AvgIpc) is 2.34. The lowest BCUT2D eigenvalue weighted by molar-refractivity contribution is -0.117. The van der Waals surface area contributed by atoms with Crippen LogP contribution in [0.25, 0.3) is 0 Å². The van der Waals surface area contributed by atoms with Gasteiger partial charge in [-0.25, -0.2) is 4.39 Å². The maximum absolute atomic E-state index is 12.6. The highest BCUT2D eigenvalue weighted by atomic mass is 19.1. The third-order valence-corrected chi connectivity index (χ3v) is 2.18. The number of nitrogens with one attached hydrogen (secondary N) is 1. The zero-order chi connectivity index (χ0) is 13.4. The van der Waals surface area contributed by atoms with Gasteiger partial charge in [-0.2, -0.15) is 0 Å². The molecule has 1 aromatic carbocycles. The van der Waals surface area contributed by atoms with E-state index in [0.29, 0.717) is 18.8 Å². The summed E-state index contributed by atoms with van der Waals surface area (Å²) >= 11 is 0. The van der Waals surface area contributed by atoms with Gasteiger partial charge in [-0.05, 0) is 24.3 Å². The lowest BCUT2D eigenvalue weighted by Gasteiger charge is -2.12. The molecular weight excluding hydrogens is 239 g/mol. The highest BCUT2D eigenvalue weighted by Gasteiger charge is 2.05.